The van der Waals surface area contributed by atoms with Crippen LogP contribution in [0.2, 0.25) is 0 Å². The summed E-state index contributed by atoms with van der Waals surface area (Å²) in [6.45, 7) is 1.67. The molecule has 116 valence electrons. The monoisotopic (exact) mass is 294 g/mol. The Bertz CT molecular complexity index is 554. The Balaban J connectivity index is 2.38. The smallest absolute Gasteiger partial charge is 0.306 e. The summed E-state index contributed by atoms with van der Waals surface area (Å²) in [6.07, 6.45) is 5.45. The second-order valence-corrected chi connectivity index (χ2v) is 5.72. The van der Waals surface area contributed by atoms with Gasteiger partial charge >= 0.3 is 5.97 Å². The molecule has 1 aliphatic carbocycles. The minimum absolute atomic E-state index is 0.126. The largest absolute Gasteiger partial charge is 0.502 e. The van der Waals surface area contributed by atoms with Gasteiger partial charge < -0.3 is 14.3 Å². The van der Waals surface area contributed by atoms with Gasteiger partial charge in [-0.3, -0.25) is 9.59 Å². The summed E-state index contributed by atoms with van der Waals surface area (Å²) in [5.41, 5.74) is -0.459. The number of carbonyl (C=O) groups is 1. The van der Waals surface area contributed by atoms with Crippen LogP contribution in [-0.4, -0.2) is 18.2 Å². The van der Waals surface area contributed by atoms with Crippen LogP contribution in [-0.2, 0) is 9.53 Å². The first kappa shape index (κ1) is 15.6. The molecule has 1 fully saturated rings. The van der Waals surface area contributed by atoms with Gasteiger partial charge in [0.2, 0.25) is 11.2 Å². The average molecular weight is 294 g/mol. The molecule has 0 unspecified atom stereocenters. The molecular formula is C16H22O5. The van der Waals surface area contributed by atoms with Crippen LogP contribution < -0.4 is 5.43 Å². The summed E-state index contributed by atoms with van der Waals surface area (Å²) < 4.78 is 10.3. The summed E-state index contributed by atoms with van der Waals surface area (Å²) in [6, 6.07) is 1.26. The number of rotatable bonds is 4. The number of hydrogen-bond acceptors (Lipinski definition) is 5. The van der Waals surface area contributed by atoms with E-state index in [1.54, 1.807) is 6.92 Å². The molecule has 1 heterocycles. The second-order valence-electron chi connectivity index (χ2n) is 5.72. The van der Waals surface area contributed by atoms with E-state index in [1.807, 2.05) is 0 Å². The van der Waals surface area contributed by atoms with E-state index in [0.717, 1.165) is 25.7 Å². The highest BCUT2D eigenvalue weighted by Gasteiger charge is 2.32. The Morgan fingerprint density at radius 3 is 2.71 bits per heavy atom. The highest BCUT2D eigenvalue weighted by atomic mass is 16.5. The highest BCUT2D eigenvalue weighted by Crippen LogP contribution is 2.40. The topological polar surface area (TPSA) is 76.7 Å². The van der Waals surface area contributed by atoms with Crippen molar-refractivity contribution >= 4 is 5.97 Å². The van der Waals surface area contributed by atoms with Crippen LogP contribution in [0.5, 0.6) is 5.75 Å². The van der Waals surface area contributed by atoms with Crippen LogP contribution in [0.4, 0.5) is 0 Å². The Hall–Kier alpha value is -1.78. The van der Waals surface area contributed by atoms with Gasteiger partial charge in [0, 0.05) is 12.0 Å². The number of aromatic hydroxyl groups is 1. The van der Waals surface area contributed by atoms with Gasteiger partial charge in [-0.15, -0.1) is 0 Å². The van der Waals surface area contributed by atoms with Gasteiger partial charge in [0.25, 0.3) is 0 Å². The van der Waals surface area contributed by atoms with Gasteiger partial charge in [0.05, 0.1) is 13.5 Å². The van der Waals surface area contributed by atoms with Crippen molar-refractivity contribution in [3.05, 3.63) is 27.8 Å². The van der Waals surface area contributed by atoms with Gasteiger partial charge in [0.15, 0.2) is 5.76 Å². The van der Waals surface area contributed by atoms with Gasteiger partial charge in [-0.05, 0) is 25.7 Å². The van der Waals surface area contributed by atoms with Crippen molar-refractivity contribution < 1.29 is 19.1 Å². The molecule has 1 atom stereocenters. The Kier molecular flexibility index (Phi) is 5.04. The van der Waals surface area contributed by atoms with Crippen molar-refractivity contribution in [2.45, 2.75) is 51.4 Å². The van der Waals surface area contributed by atoms with Crippen LogP contribution in [0.15, 0.2) is 15.3 Å². The van der Waals surface area contributed by atoms with E-state index in [9.17, 15) is 14.7 Å². The molecule has 1 aromatic rings. The summed E-state index contributed by atoms with van der Waals surface area (Å²) in [5, 5.41) is 10.1. The molecule has 5 nitrogen and oxygen atoms in total. The van der Waals surface area contributed by atoms with Gasteiger partial charge in [-0.25, -0.2) is 0 Å². The third-order valence-electron chi connectivity index (χ3n) is 4.24. The maximum absolute atomic E-state index is 11.8. The molecule has 0 bridgehead atoms. The van der Waals surface area contributed by atoms with E-state index in [4.69, 9.17) is 9.15 Å². The van der Waals surface area contributed by atoms with Gasteiger partial charge in [-0.1, -0.05) is 19.3 Å². The lowest BCUT2D eigenvalue weighted by Crippen LogP contribution is -2.21. The summed E-state index contributed by atoms with van der Waals surface area (Å²) in [7, 11) is 1.34. The van der Waals surface area contributed by atoms with Crippen molar-refractivity contribution in [1.29, 1.82) is 0 Å². The summed E-state index contributed by atoms with van der Waals surface area (Å²) in [5.74, 6) is -0.121. The molecule has 5 heteroatoms. The first-order valence-corrected chi connectivity index (χ1v) is 7.43. The van der Waals surface area contributed by atoms with E-state index in [-0.39, 0.29) is 35.7 Å². The Morgan fingerprint density at radius 1 is 1.43 bits per heavy atom. The maximum Gasteiger partial charge on any atom is 0.306 e. The normalized spacial score (nSPS) is 17.4. The lowest BCUT2D eigenvalue weighted by atomic mass is 9.77. The molecule has 0 saturated heterocycles. The van der Waals surface area contributed by atoms with E-state index >= 15 is 0 Å². The van der Waals surface area contributed by atoms with Crippen LogP contribution in [0.25, 0.3) is 0 Å². The molecule has 1 aliphatic rings. The standard InChI is InChI=1S/C16H22O5/c1-10-8-13(17)15(19)16(21-10)12(9-14(18)20-2)11-6-4-3-5-7-11/h8,11-12,19H,3-7,9H2,1-2H3/t12-/m0/s1. The van der Waals surface area contributed by atoms with Crippen LogP contribution >= 0.6 is 0 Å². The Labute approximate surface area is 123 Å². The fourth-order valence-electron chi connectivity index (χ4n) is 3.15. The lowest BCUT2D eigenvalue weighted by Gasteiger charge is -2.29. The molecule has 2 rings (SSSR count). The van der Waals surface area contributed by atoms with Crippen LogP contribution in [0.3, 0.4) is 0 Å². The van der Waals surface area contributed by atoms with E-state index in [1.165, 1.54) is 19.6 Å². The number of esters is 1. The minimum Gasteiger partial charge on any atom is -0.502 e. The molecule has 1 N–H and O–H groups in total. The quantitative estimate of drug-likeness (QED) is 0.864. The molecule has 1 saturated carbocycles. The van der Waals surface area contributed by atoms with Crippen LogP contribution in [0.1, 0.15) is 56.0 Å². The zero-order chi connectivity index (χ0) is 15.4. The molecular weight excluding hydrogens is 272 g/mol. The first-order chi connectivity index (χ1) is 10.0. The van der Waals surface area contributed by atoms with Crippen molar-refractivity contribution in [3.63, 3.8) is 0 Å². The van der Waals surface area contributed by atoms with E-state index in [2.05, 4.69) is 0 Å². The first-order valence-electron chi connectivity index (χ1n) is 7.43. The third kappa shape index (κ3) is 3.65. The van der Waals surface area contributed by atoms with Crippen molar-refractivity contribution in [1.82, 2.24) is 0 Å². The van der Waals surface area contributed by atoms with E-state index in [0.29, 0.717) is 5.76 Å². The molecule has 0 aromatic carbocycles. The Morgan fingerprint density at radius 2 is 2.10 bits per heavy atom. The predicted molar refractivity (Wildman–Crippen MR) is 77.3 cm³/mol. The molecule has 0 aliphatic heterocycles. The average Bonchev–Trinajstić information content (AvgIpc) is 2.49. The van der Waals surface area contributed by atoms with Crippen molar-refractivity contribution in [2.75, 3.05) is 7.11 Å². The fraction of sp³-hybridized carbons (Fsp3) is 0.625. The van der Waals surface area contributed by atoms with Crippen molar-refractivity contribution in [2.24, 2.45) is 5.92 Å². The van der Waals surface area contributed by atoms with Crippen molar-refractivity contribution in [3.8, 4) is 5.75 Å². The zero-order valence-corrected chi connectivity index (χ0v) is 12.6. The SMILES string of the molecule is COC(=O)C[C@H](c1oc(C)cc(=O)c1O)C1CCCCC1. The number of hydrogen-bond donors (Lipinski definition) is 1. The molecule has 0 radical (unpaired) electrons. The number of aryl methyl sites for hydroxylation is 1. The predicted octanol–water partition coefficient (Wildman–Crippen LogP) is 2.88. The number of methoxy groups -OCH3 is 1. The zero-order valence-electron chi connectivity index (χ0n) is 12.6. The molecule has 0 spiro atoms. The fourth-order valence-corrected chi connectivity index (χ4v) is 3.15. The van der Waals surface area contributed by atoms with Gasteiger partial charge in [-0.2, -0.15) is 0 Å². The molecule has 1 aromatic heterocycles. The highest BCUT2D eigenvalue weighted by molar-refractivity contribution is 5.70. The molecule has 0 amide bonds. The lowest BCUT2D eigenvalue weighted by molar-refractivity contribution is -0.141. The molecule has 21 heavy (non-hydrogen) atoms. The maximum atomic E-state index is 11.8. The third-order valence-corrected chi connectivity index (χ3v) is 4.24. The van der Waals surface area contributed by atoms with Crippen LogP contribution in [0, 0.1) is 12.8 Å². The summed E-state index contributed by atoms with van der Waals surface area (Å²) >= 11 is 0. The van der Waals surface area contributed by atoms with E-state index < -0.39 is 5.43 Å². The second kappa shape index (κ2) is 6.78. The minimum atomic E-state index is -0.459. The number of ether oxygens (including phenoxy) is 1. The number of carbonyl (C=O) groups excluding carboxylic acids is 1. The summed E-state index contributed by atoms with van der Waals surface area (Å²) in [4.78, 5) is 23.5. The van der Waals surface area contributed by atoms with Gasteiger partial charge in [0.1, 0.15) is 5.76 Å².